The molecule has 6 nitrogen and oxygen atoms in total. The van der Waals surface area contributed by atoms with Crippen molar-refractivity contribution in [1.29, 1.82) is 5.26 Å². The number of benzene rings is 2. The smallest absolute Gasteiger partial charge is 0.398 e. The van der Waals surface area contributed by atoms with E-state index in [1.807, 2.05) is 0 Å². The largest absolute Gasteiger partial charge is 0.417 e. The van der Waals surface area contributed by atoms with E-state index in [1.165, 1.54) is 24.8 Å². The average molecular weight is 439 g/mol. The van der Waals surface area contributed by atoms with Crippen LogP contribution in [0.1, 0.15) is 30.5 Å². The van der Waals surface area contributed by atoms with E-state index >= 15 is 0 Å². The zero-order valence-corrected chi connectivity index (χ0v) is 16.8. The summed E-state index contributed by atoms with van der Waals surface area (Å²) in [6.07, 6.45) is -4.80. The van der Waals surface area contributed by atoms with Crippen molar-refractivity contribution < 1.29 is 22.8 Å². The number of carbonyl (C=O) groups is 2. The van der Waals surface area contributed by atoms with E-state index in [1.54, 1.807) is 24.3 Å². The molecule has 1 fully saturated rings. The highest BCUT2D eigenvalue weighted by Gasteiger charge is 2.52. The number of urea groups is 1. The number of halogens is 4. The van der Waals surface area contributed by atoms with Gasteiger partial charge in [0.1, 0.15) is 5.54 Å². The number of nitrogens with two attached hydrogens (primary N) is 1. The van der Waals surface area contributed by atoms with Crippen molar-refractivity contribution in [3.8, 4) is 6.07 Å². The predicted octanol–water partition coefficient (Wildman–Crippen LogP) is 4.33. The Morgan fingerprint density at radius 1 is 1.13 bits per heavy atom. The van der Waals surface area contributed by atoms with E-state index in [2.05, 4.69) is 0 Å². The molecule has 1 saturated heterocycles. The summed E-state index contributed by atoms with van der Waals surface area (Å²) in [6, 6.07) is 10.3. The predicted molar refractivity (Wildman–Crippen MR) is 107 cm³/mol. The van der Waals surface area contributed by atoms with Gasteiger partial charge in [-0.2, -0.15) is 18.4 Å². The lowest BCUT2D eigenvalue weighted by Gasteiger charge is -2.28. The van der Waals surface area contributed by atoms with Crippen LogP contribution in [0.2, 0.25) is 0 Å². The summed E-state index contributed by atoms with van der Waals surface area (Å²) in [5, 5.41) is 8.94. The molecule has 2 aromatic rings. The first-order chi connectivity index (χ1) is 13.5. The number of para-hydroxylation sites is 1. The molecule has 0 bridgehead atoms. The molecule has 0 radical (unpaired) electrons. The highest BCUT2D eigenvalue weighted by molar-refractivity contribution is 6.23. The lowest BCUT2D eigenvalue weighted by molar-refractivity contribution is -0.137. The molecule has 2 aromatic carbocycles. The molecule has 2 N–H and O–H groups in total. The molecule has 158 valence electrons. The van der Waals surface area contributed by atoms with Gasteiger partial charge in [0.2, 0.25) is 0 Å². The summed E-state index contributed by atoms with van der Waals surface area (Å²) >= 11 is 0. The van der Waals surface area contributed by atoms with Gasteiger partial charge in [-0.25, -0.2) is 9.69 Å². The van der Waals surface area contributed by atoms with Crippen molar-refractivity contribution >= 4 is 35.7 Å². The maximum atomic E-state index is 13.3. The lowest BCUT2D eigenvalue weighted by atomic mass is 10.0. The van der Waals surface area contributed by atoms with E-state index in [4.69, 9.17) is 11.0 Å². The number of imide groups is 1. The molecule has 0 saturated carbocycles. The first-order valence-electron chi connectivity index (χ1n) is 8.59. The van der Waals surface area contributed by atoms with Gasteiger partial charge in [0.15, 0.2) is 0 Å². The van der Waals surface area contributed by atoms with E-state index in [0.29, 0.717) is 22.2 Å². The van der Waals surface area contributed by atoms with Crippen LogP contribution >= 0.6 is 12.4 Å². The maximum Gasteiger partial charge on any atom is 0.417 e. The highest BCUT2D eigenvalue weighted by Crippen LogP contribution is 2.38. The molecule has 1 heterocycles. The summed E-state index contributed by atoms with van der Waals surface area (Å²) < 4.78 is 39.9. The van der Waals surface area contributed by atoms with Gasteiger partial charge >= 0.3 is 12.2 Å². The number of carbonyl (C=O) groups excluding carboxylic acids is 2. The van der Waals surface area contributed by atoms with E-state index in [9.17, 15) is 22.8 Å². The van der Waals surface area contributed by atoms with Crippen LogP contribution in [-0.2, 0) is 17.5 Å². The second kappa shape index (κ2) is 7.88. The summed E-state index contributed by atoms with van der Waals surface area (Å²) in [4.78, 5) is 27.9. The number of nitrogen functional groups attached to an aromatic ring is 1. The fraction of sp³-hybridized carbons (Fsp3) is 0.250. The second-order valence-electron chi connectivity index (χ2n) is 7.11. The first kappa shape index (κ1) is 23.0. The molecular formula is C20H18ClF3N4O2. The molecule has 0 atom stereocenters. The quantitative estimate of drug-likeness (QED) is 0.570. The maximum absolute atomic E-state index is 13.3. The fourth-order valence-electron chi connectivity index (χ4n) is 3.18. The SMILES string of the molecule is CC1(C)C(=O)N(c2ccc(C#N)c(C(F)(F)F)c2)C(=O)N1Cc1ccccc1N.Cl. The Labute approximate surface area is 177 Å². The second-order valence-corrected chi connectivity index (χ2v) is 7.11. The molecule has 1 aliphatic heterocycles. The third-order valence-corrected chi connectivity index (χ3v) is 4.89. The van der Waals surface area contributed by atoms with Gasteiger partial charge in [-0.05, 0) is 43.7 Å². The van der Waals surface area contributed by atoms with Gasteiger partial charge in [0.25, 0.3) is 5.91 Å². The summed E-state index contributed by atoms with van der Waals surface area (Å²) in [6.45, 7) is 3.05. The Morgan fingerprint density at radius 3 is 2.33 bits per heavy atom. The number of hydrogen-bond acceptors (Lipinski definition) is 4. The molecule has 0 unspecified atom stereocenters. The van der Waals surface area contributed by atoms with Gasteiger partial charge in [0, 0.05) is 5.69 Å². The third kappa shape index (κ3) is 3.78. The Bertz CT molecular complexity index is 1050. The number of alkyl halides is 3. The van der Waals surface area contributed by atoms with Crippen LogP contribution in [-0.4, -0.2) is 22.4 Å². The van der Waals surface area contributed by atoms with E-state index in [-0.39, 0.29) is 24.6 Å². The van der Waals surface area contributed by atoms with E-state index in [0.717, 1.165) is 12.1 Å². The van der Waals surface area contributed by atoms with Gasteiger partial charge in [0.05, 0.1) is 29.4 Å². The third-order valence-electron chi connectivity index (χ3n) is 4.89. The molecule has 3 rings (SSSR count). The van der Waals surface area contributed by atoms with Crippen molar-refractivity contribution in [2.75, 3.05) is 10.6 Å². The van der Waals surface area contributed by atoms with Crippen molar-refractivity contribution in [2.24, 2.45) is 0 Å². The first-order valence-corrected chi connectivity index (χ1v) is 8.59. The Hall–Kier alpha value is -3.25. The molecular weight excluding hydrogens is 421 g/mol. The molecule has 30 heavy (non-hydrogen) atoms. The highest BCUT2D eigenvalue weighted by atomic mass is 35.5. The average Bonchev–Trinajstić information content (AvgIpc) is 2.82. The van der Waals surface area contributed by atoms with Crippen molar-refractivity contribution in [3.63, 3.8) is 0 Å². The van der Waals surface area contributed by atoms with Crippen LogP contribution in [0, 0.1) is 11.3 Å². The number of amides is 3. The number of nitriles is 1. The Balaban J connectivity index is 0.00000320. The van der Waals surface area contributed by atoms with Crippen LogP contribution in [0.3, 0.4) is 0 Å². The minimum atomic E-state index is -4.80. The van der Waals surface area contributed by atoms with Crippen molar-refractivity contribution in [1.82, 2.24) is 4.90 Å². The normalized spacial score (nSPS) is 15.7. The topological polar surface area (TPSA) is 90.4 Å². The van der Waals surface area contributed by atoms with Gasteiger partial charge in [-0.3, -0.25) is 4.79 Å². The molecule has 0 spiro atoms. The Morgan fingerprint density at radius 2 is 1.77 bits per heavy atom. The number of hydrogen-bond donors (Lipinski definition) is 1. The number of anilines is 2. The van der Waals surface area contributed by atoms with E-state index < -0.39 is 34.8 Å². The van der Waals surface area contributed by atoms with Crippen LogP contribution in [0.15, 0.2) is 42.5 Å². The van der Waals surface area contributed by atoms with Gasteiger partial charge < -0.3 is 10.6 Å². The molecule has 1 aliphatic rings. The fourth-order valence-corrected chi connectivity index (χ4v) is 3.18. The monoisotopic (exact) mass is 438 g/mol. The molecule has 0 aliphatic carbocycles. The summed E-state index contributed by atoms with van der Waals surface area (Å²) in [5.41, 5.74) is 3.62. The minimum absolute atomic E-state index is 0. The zero-order chi connectivity index (χ0) is 21.6. The molecule has 3 amide bonds. The Kier molecular flexibility index (Phi) is 6.05. The number of nitrogens with zero attached hydrogens (tertiary/aromatic N) is 3. The lowest BCUT2D eigenvalue weighted by Crippen LogP contribution is -2.43. The van der Waals surface area contributed by atoms with Crippen LogP contribution in [0.4, 0.5) is 29.3 Å². The van der Waals surface area contributed by atoms with Crippen molar-refractivity contribution in [2.45, 2.75) is 32.1 Å². The minimum Gasteiger partial charge on any atom is -0.398 e. The molecule has 10 heteroatoms. The van der Waals surface area contributed by atoms with Crippen molar-refractivity contribution in [3.05, 3.63) is 59.2 Å². The number of rotatable bonds is 3. The van der Waals surface area contributed by atoms with Crippen LogP contribution in [0.25, 0.3) is 0 Å². The molecule has 0 aromatic heterocycles. The van der Waals surface area contributed by atoms with Gasteiger partial charge in [-0.15, -0.1) is 12.4 Å². The standard InChI is InChI=1S/C20H17F3N4O2.ClH/c1-19(2)17(28)27(14-8-7-12(10-24)15(9-14)20(21,22)23)18(29)26(19)11-13-5-3-4-6-16(13)25;/h3-9H,11,25H2,1-2H3;1H. The summed E-state index contributed by atoms with van der Waals surface area (Å²) in [5.74, 6) is -0.671. The van der Waals surface area contributed by atoms with Gasteiger partial charge in [-0.1, -0.05) is 18.2 Å². The zero-order valence-electron chi connectivity index (χ0n) is 16.0. The van der Waals surface area contributed by atoms with Crippen LogP contribution in [0.5, 0.6) is 0 Å². The van der Waals surface area contributed by atoms with Crippen LogP contribution < -0.4 is 10.6 Å². The summed E-state index contributed by atoms with van der Waals surface area (Å²) in [7, 11) is 0.